The Labute approximate surface area is 110 Å². The van der Waals surface area contributed by atoms with Crippen LogP contribution in [0.5, 0.6) is 5.75 Å². The van der Waals surface area contributed by atoms with Crippen LogP contribution in [-0.4, -0.2) is 19.6 Å². The van der Waals surface area contributed by atoms with Crippen molar-refractivity contribution < 1.29 is 9.53 Å². The van der Waals surface area contributed by atoms with Crippen LogP contribution in [0.3, 0.4) is 0 Å². The fraction of sp³-hybridized carbons (Fsp3) is 0.250. The summed E-state index contributed by atoms with van der Waals surface area (Å²) in [5.41, 5.74) is 0.659. The van der Waals surface area contributed by atoms with Gasteiger partial charge in [-0.15, -0.1) is 6.58 Å². The molecule has 0 saturated carbocycles. The molecule has 0 saturated heterocycles. The van der Waals surface area contributed by atoms with E-state index in [0.29, 0.717) is 27.9 Å². The van der Waals surface area contributed by atoms with Crippen LogP contribution >= 0.6 is 23.2 Å². The number of hydrogen-bond acceptors (Lipinski definition) is 2. The zero-order chi connectivity index (χ0) is 12.8. The van der Waals surface area contributed by atoms with E-state index in [2.05, 4.69) is 11.9 Å². The summed E-state index contributed by atoms with van der Waals surface area (Å²) in [6.45, 7) is 3.95. The molecular formula is C12H13Cl2NO2. The van der Waals surface area contributed by atoms with Crippen molar-refractivity contribution in [1.29, 1.82) is 0 Å². The van der Waals surface area contributed by atoms with Gasteiger partial charge < -0.3 is 10.1 Å². The Morgan fingerprint density at radius 2 is 2.24 bits per heavy atom. The van der Waals surface area contributed by atoms with E-state index in [1.165, 1.54) is 7.11 Å². The van der Waals surface area contributed by atoms with Crippen LogP contribution < -0.4 is 10.1 Å². The van der Waals surface area contributed by atoms with Crippen molar-refractivity contribution >= 4 is 29.1 Å². The molecule has 0 unspecified atom stereocenters. The summed E-state index contributed by atoms with van der Waals surface area (Å²) in [5.74, 6) is 0.339. The predicted molar refractivity (Wildman–Crippen MR) is 69.9 cm³/mol. The van der Waals surface area contributed by atoms with Gasteiger partial charge in [-0.1, -0.05) is 29.3 Å². The minimum absolute atomic E-state index is 0.137. The van der Waals surface area contributed by atoms with Gasteiger partial charge in [-0.25, -0.2) is 0 Å². The molecule has 1 aromatic rings. The number of ether oxygens (including phenoxy) is 1. The highest BCUT2D eigenvalue weighted by molar-refractivity contribution is 6.35. The first-order chi connectivity index (χ1) is 8.08. The van der Waals surface area contributed by atoms with Crippen LogP contribution in [-0.2, 0) is 11.2 Å². The lowest BCUT2D eigenvalue weighted by Crippen LogP contribution is -2.25. The van der Waals surface area contributed by atoms with E-state index in [9.17, 15) is 4.79 Å². The Hall–Kier alpha value is -1.19. The van der Waals surface area contributed by atoms with Gasteiger partial charge in [0.1, 0.15) is 5.75 Å². The van der Waals surface area contributed by atoms with Gasteiger partial charge in [0.05, 0.1) is 18.6 Å². The fourth-order valence-electron chi connectivity index (χ4n) is 1.40. The Balaban J connectivity index is 2.89. The molecule has 0 fully saturated rings. The smallest absolute Gasteiger partial charge is 0.224 e. The summed E-state index contributed by atoms with van der Waals surface area (Å²) < 4.78 is 5.15. The lowest BCUT2D eigenvalue weighted by Gasteiger charge is -2.10. The van der Waals surface area contributed by atoms with Gasteiger partial charge >= 0.3 is 0 Å². The highest BCUT2D eigenvalue weighted by Crippen LogP contribution is 2.32. The molecule has 0 bridgehead atoms. The van der Waals surface area contributed by atoms with Crippen LogP contribution in [0.1, 0.15) is 5.56 Å². The number of carbonyl (C=O) groups is 1. The Kier molecular flexibility index (Phi) is 5.32. The van der Waals surface area contributed by atoms with Crippen molar-refractivity contribution in [3.05, 3.63) is 40.4 Å². The van der Waals surface area contributed by atoms with E-state index in [-0.39, 0.29) is 12.3 Å². The van der Waals surface area contributed by atoms with E-state index in [0.717, 1.165) is 0 Å². The molecule has 92 valence electrons. The molecule has 0 heterocycles. The highest BCUT2D eigenvalue weighted by atomic mass is 35.5. The maximum atomic E-state index is 11.6. The number of amides is 1. The average Bonchev–Trinajstić information content (AvgIpc) is 2.25. The molecule has 3 nitrogen and oxygen atoms in total. The second-order valence-corrected chi connectivity index (χ2v) is 4.19. The van der Waals surface area contributed by atoms with E-state index >= 15 is 0 Å². The maximum absolute atomic E-state index is 11.6. The van der Waals surface area contributed by atoms with Crippen LogP contribution in [0.2, 0.25) is 10.0 Å². The first-order valence-electron chi connectivity index (χ1n) is 4.98. The second-order valence-electron chi connectivity index (χ2n) is 3.35. The lowest BCUT2D eigenvalue weighted by atomic mass is 10.1. The van der Waals surface area contributed by atoms with Gasteiger partial charge in [-0.3, -0.25) is 4.79 Å². The van der Waals surface area contributed by atoms with Crippen LogP contribution in [0.15, 0.2) is 24.8 Å². The van der Waals surface area contributed by atoms with E-state index in [1.54, 1.807) is 18.2 Å². The van der Waals surface area contributed by atoms with Gasteiger partial charge in [-0.05, 0) is 12.1 Å². The molecule has 1 amide bonds. The molecule has 0 aliphatic rings. The van der Waals surface area contributed by atoms with Crippen LogP contribution in [0.25, 0.3) is 0 Å². The third-order valence-corrected chi connectivity index (χ3v) is 2.58. The number of hydrogen-bond donors (Lipinski definition) is 1. The van der Waals surface area contributed by atoms with E-state index in [1.807, 2.05) is 0 Å². The second kappa shape index (κ2) is 6.52. The normalized spacial score (nSPS) is 9.82. The SMILES string of the molecule is C=CCNC(=O)Cc1cc(Cl)cc(Cl)c1OC. The average molecular weight is 274 g/mol. The summed E-state index contributed by atoms with van der Waals surface area (Å²) in [5, 5.41) is 3.54. The third kappa shape index (κ3) is 3.95. The molecular weight excluding hydrogens is 261 g/mol. The Bertz CT molecular complexity index is 433. The highest BCUT2D eigenvalue weighted by Gasteiger charge is 2.12. The topological polar surface area (TPSA) is 38.3 Å². The van der Waals surface area contributed by atoms with Crippen molar-refractivity contribution in [1.82, 2.24) is 5.32 Å². The van der Waals surface area contributed by atoms with Gasteiger partial charge in [0.25, 0.3) is 0 Å². The molecule has 0 atom stereocenters. The lowest BCUT2D eigenvalue weighted by molar-refractivity contribution is -0.120. The van der Waals surface area contributed by atoms with Crippen molar-refractivity contribution in [3.8, 4) is 5.75 Å². The van der Waals surface area contributed by atoms with Gasteiger partial charge in [0.15, 0.2) is 0 Å². The van der Waals surface area contributed by atoms with Crippen LogP contribution in [0, 0.1) is 0 Å². The zero-order valence-electron chi connectivity index (χ0n) is 9.43. The number of halogens is 2. The monoisotopic (exact) mass is 273 g/mol. The minimum atomic E-state index is -0.137. The molecule has 1 rings (SSSR count). The summed E-state index contributed by atoms with van der Waals surface area (Å²) >= 11 is 11.8. The van der Waals surface area contributed by atoms with Crippen molar-refractivity contribution in [3.63, 3.8) is 0 Å². The molecule has 17 heavy (non-hydrogen) atoms. The summed E-state index contributed by atoms with van der Waals surface area (Å²) in [7, 11) is 1.50. The third-order valence-electron chi connectivity index (χ3n) is 2.08. The van der Waals surface area contributed by atoms with Gasteiger partial charge in [0, 0.05) is 17.1 Å². The largest absolute Gasteiger partial charge is 0.495 e. The summed E-state index contributed by atoms with van der Waals surface area (Å²) in [4.78, 5) is 11.6. The molecule has 0 spiro atoms. The van der Waals surface area contributed by atoms with Gasteiger partial charge in [-0.2, -0.15) is 0 Å². The zero-order valence-corrected chi connectivity index (χ0v) is 10.9. The molecule has 0 radical (unpaired) electrons. The molecule has 0 aromatic heterocycles. The van der Waals surface area contributed by atoms with Gasteiger partial charge in [0.2, 0.25) is 5.91 Å². The Morgan fingerprint density at radius 3 is 2.82 bits per heavy atom. The first-order valence-corrected chi connectivity index (χ1v) is 5.73. The van der Waals surface area contributed by atoms with Crippen molar-refractivity contribution in [2.24, 2.45) is 0 Å². The van der Waals surface area contributed by atoms with Crippen LogP contribution in [0.4, 0.5) is 0 Å². The quantitative estimate of drug-likeness (QED) is 0.838. The van der Waals surface area contributed by atoms with E-state index in [4.69, 9.17) is 27.9 Å². The number of benzene rings is 1. The van der Waals surface area contributed by atoms with Crippen molar-refractivity contribution in [2.45, 2.75) is 6.42 Å². The molecule has 0 aliphatic carbocycles. The summed E-state index contributed by atoms with van der Waals surface area (Å²) in [6.07, 6.45) is 1.78. The van der Waals surface area contributed by atoms with E-state index < -0.39 is 0 Å². The number of methoxy groups -OCH3 is 1. The molecule has 1 aromatic carbocycles. The fourth-order valence-corrected chi connectivity index (χ4v) is 2.01. The molecule has 5 heteroatoms. The van der Waals surface area contributed by atoms with Crippen molar-refractivity contribution in [2.75, 3.05) is 13.7 Å². The maximum Gasteiger partial charge on any atom is 0.224 e. The Morgan fingerprint density at radius 1 is 1.53 bits per heavy atom. The number of nitrogens with one attached hydrogen (secondary N) is 1. The minimum Gasteiger partial charge on any atom is -0.495 e. The standard InChI is InChI=1S/C12H13Cl2NO2/c1-3-4-15-11(16)6-8-5-9(13)7-10(14)12(8)17-2/h3,5,7H,1,4,6H2,2H3,(H,15,16). The molecule has 0 aliphatic heterocycles. The predicted octanol–water partition coefficient (Wildman–Crippen LogP) is 2.85. The number of carbonyl (C=O) groups excluding carboxylic acids is 1. The summed E-state index contributed by atoms with van der Waals surface area (Å²) in [6, 6.07) is 3.24. The first kappa shape index (κ1) is 13.9. The number of rotatable bonds is 5. The molecule has 1 N–H and O–H groups in total.